The normalized spacial score (nSPS) is 41.9. The van der Waals surface area contributed by atoms with Gasteiger partial charge in [0.2, 0.25) is 0 Å². The molecule has 64 valence electrons. The van der Waals surface area contributed by atoms with E-state index in [0.717, 1.165) is 12.8 Å². The Labute approximate surface area is 70.9 Å². The second kappa shape index (κ2) is 3.07. The maximum Gasteiger partial charge on any atom is 0.173 e. The zero-order valence-electron chi connectivity index (χ0n) is 6.05. The third kappa shape index (κ3) is 1.40. The molecule has 2 aliphatic rings. The lowest BCUT2D eigenvalue weighted by Gasteiger charge is -2.22. The van der Waals surface area contributed by atoms with E-state index < -0.39 is 6.17 Å². The van der Waals surface area contributed by atoms with Gasteiger partial charge in [-0.2, -0.15) is 0 Å². The van der Waals surface area contributed by atoms with Gasteiger partial charge in [0.05, 0.1) is 0 Å². The highest BCUT2D eigenvalue weighted by Crippen LogP contribution is 2.26. The first kappa shape index (κ1) is 8.94. The van der Waals surface area contributed by atoms with Crippen LogP contribution >= 0.6 is 12.4 Å². The molecule has 0 spiro atoms. The van der Waals surface area contributed by atoms with Gasteiger partial charge in [-0.25, -0.2) is 4.39 Å². The van der Waals surface area contributed by atoms with Crippen LogP contribution in [0.3, 0.4) is 0 Å². The van der Waals surface area contributed by atoms with E-state index in [1.807, 2.05) is 0 Å². The summed E-state index contributed by atoms with van der Waals surface area (Å²) in [6.07, 6.45) is 0.977. The Balaban J connectivity index is 0.000000605. The Kier molecular flexibility index (Phi) is 2.50. The molecule has 1 N–H and O–H groups in total. The standard InChI is InChI=1S/C7H10FNO.ClH/c8-7-5-2-1-4(9-5)3-6(7)10;/h4-5,7,9H,1-3H2;1H. The quantitative estimate of drug-likeness (QED) is 0.597. The van der Waals surface area contributed by atoms with Gasteiger partial charge < -0.3 is 5.32 Å². The smallest absolute Gasteiger partial charge is 0.173 e. The van der Waals surface area contributed by atoms with Crippen LogP contribution in [0.4, 0.5) is 4.39 Å². The van der Waals surface area contributed by atoms with Crippen LogP contribution in [0.15, 0.2) is 0 Å². The molecule has 0 aromatic carbocycles. The number of carbonyl (C=O) groups is 1. The number of nitrogens with one attached hydrogen (secondary N) is 1. The summed E-state index contributed by atoms with van der Waals surface area (Å²) in [5.41, 5.74) is 0. The first-order valence-corrected chi connectivity index (χ1v) is 3.70. The van der Waals surface area contributed by atoms with Crippen LogP contribution in [-0.2, 0) is 4.79 Å². The summed E-state index contributed by atoms with van der Waals surface area (Å²) in [5, 5.41) is 3.07. The van der Waals surface area contributed by atoms with Crippen molar-refractivity contribution in [2.24, 2.45) is 0 Å². The molecular weight excluding hydrogens is 169 g/mol. The van der Waals surface area contributed by atoms with Crippen molar-refractivity contribution in [3.8, 4) is 0 Å². The van der Waals surface area contributed by atoms with Crippen molar-refractivity contribution >= 4 is 18.2 Å². The lowest BCUT2D eigenvalue weighted by Crippen LogP contribution is -2.47. The van der Waals surface area contributed by atoms with Crippen LogP contribution in [0.2, 0.25) is 0 Å². The number of Topliss-reactive ketones (excluding diaryl/α,β-unsaturated/α-hetero) is 1. The average molecular weight is 180 g/mol. The number of hydrogen-bond acceptors (Lipinski definition) is 2. The molecule has 2 heterocycles. The average Bonchev–Trinajstić information content (AvgIpc) is 2.29. The highest BCUT2D eigenvalue weighted by atomic mass is 35.5. The van der Waals surface area contributed by atoms with Crippen molar-refractivity contribution in [1.82, 2.24) is 5.32 Å². The summed E-state index contributed by atoms with van der Waals surface area (Å²) in [6, 6.07) is 0.121. The largest absolute Gasteiger partial charge is 0.308 e. The molecule has 2 nitrogen and oxygen atoms in total. The van der Waals surface area contributed by atoms with Gasteiger partial charge in [0.25, 0.3) is 0 Å². The van der Waals surface area contributed by atoms with Gasteiger partial charge in [-0.15, -0.1) is 12.4 Å². The number of ketones is 1. The van der Waals surface area contributed by atoms with E-state index in [1.165, 1.54) is 0 Å². The molecule has 0 amide bonds. The topological polar surface area (TPSA) is 29.1 Å². The zero-order valence-corrected chi connectivity index (χ0v) is 6.86. The van der Waals surface area contributed by atoms with Gasteiger partial charge in [-0.1, -0.05) is 0 Å². The van der Waals surface area contributed by atoms with Gasteiger partial charge in [0.1, 0.15) is 0 Å². The monoisotopic (exact) mass is 179 g/mol. The second-order valence-electron chi connectivity index (χ2n) is 3.12. The maximum atomic E-state index is 12.9. The number of fused-ring (bicyclic) bond motifs is 2. The fourth-order valence-corrected chi connectivity index (χ4v) is 1.82. The molecule has 0 radical (unpaired) electrons. The molecule has 2 aliphatic heterocycles. The SMILES string of the molecule is Cl.O=C1CC2CCC(N2)C1F. The highest BCUT2D eigenvalue weighted by Gasteiger charge is 2.40. The molecule has 0 saturated carbocycles. The molecule has 0 aromatic rings. The van der Waals surface area contributed by atoms with Crippen molar-refractivity contribution in [2.45, 2.75) is 37.5 Å². The van der Waals surface area contributed by atoms with Gasteiger partial charge in [0.15, 0.2) is 12.0 Å². The Hall–Kier alpha value is -0.150. The third-order valence-electron chi connectivity index (χ3n) is 2.38. The number of carbonyl (C=O) groups excluding carboxylic acids is 1. The van der Waals surface area contributed by atoms with Crippen LogP contribution in [0.25, 0.3) is 0 Å². The number of hydrogen-bond donors (Lipinski definition) is 1. The fraction of sp³-hybridized carbons (Fsp3) is 0.857. The van der Waals surface area contributed by atoms with Crippen molar-refractivity contribution in [2.75, 3.05) is 0 Å². The Morgan fingerprint density at radius 2 is 2.18 bits per heavy atom. The lowest BCUT2D eigenvalue weighted by molar-refractivity contribution is -0.126. The predicted octanol–water partition coefficient (Wildman–Crippen LogP) is 0.840. The third-order valence-corrected chi connectivity index (χ3v) is 2.38. The molecule has 0 aliphatic carbocycles. The maximum absolute atomic E-state index is 12.9. The van der Waals surface area contributed by atoms with Crippen molar-refractivity contribution < 1.29 is 9.18 Å². The van der Waals surface area contributed by atoms with E-state index >= 15 is 0 Å². The minimum Gasteiger partial charge on any atom is -0.308 e. The van der Waals surface area contributed by atoms with E-state index in [-0.39, 0.29) is 30.3 Å². The molecule has 11 heavy (non-hydrogen) atoms. The number of alkyl halides is 1. The Bertz CT molecular complexity index is 176. The molecule has 4 heteroatoms. The van der Waals surface area contributed by atoms with Gasteiger partial charge in [0, 0.05) is 18.5 Å². The molecule has 3 atom stereocenters. The van der Waals surface area contributed by atoms with Crippen molar-refractivity contribution in [3.63, 3.8) is 0 Å². The predicted molar refractivity (Wildman–Crippen MR) is 41.7 cm³/mol. The molecule has 3 unspecified atom stereocenters. The zero-order chi connectivity index (χ0) is 7.14. The molecule has 2 fully saturated rings. The summed E-state index contributed by atoms with van der Waals surface area (Å²) < 4.78 is 12.9. The minimum absolute atomic E-state index is 0. The summed E-state index contributed by atoms with van der Waals surface area (Å²) in [6.45, 7) is 0. The van der Waals surface area contributed by atoms with Crippen LogP contribution in [0.5, 0.6) is 0 Å². The Morgan fingerprint density at radius 1 is 1.45 bits per heavy atom. The van der Waals surface area contributed by atoms with E-state index in [1.54, 1.807) is 0 Å². The molecule has 0 aromatic heterocycles. The molecule has 2 saturated heterocycles. The van der Waals surface area contributed by atoms with Gasteiger partial charge in [-0.05, 0) is 12.8 Å². The van der Waals surface area contributed by atoms with E-state index in [9.17, 15) is 9.18 Å². The van der Waals surface area contributed by atoms with Crippen molar-refractivity contribution in [3.05, 3.63) is 0 Å². The van der Waals surface area contributed by atoms with Crippen LogP contribution in [-0.4, -0.2) is 24.0 Å². The summed E-state index contributed by atoms with van der Waals surface area (Å²) in [5.74, 6) is -0.203. The van der Waals surface area contributed by atoms with E-state index in [0.29, 0.717) is 6.42 Å². The summed E-state index contributed by atoms with van der Waals surface area (Å²) >= 11 is 0. The van der Waals surface area contributed by atoms with Crippen LogP contribution in [0.1, 0.15) is 19.3 Å². The van der Waals surface area contributed by atoms with Crippen LogP contribution in [0, 0.1) is 0 Å². The first-order valence-electron chi connectivity index (χ1n) is 3.70. The number of piperidine rings is 1. The molecule has 2 rings (SSSR count). The Morgan fingerprint density at radius 3 is 2.91 bits per heavy atom. The second-order valence-corrected chi connectivity index (χ2v) is 3.12. The van der Waals surface area contributed by atoms with Crippen molar-refractivity contribution in [1.29, 1.82) is 0 Å². The highest BCUT2D eigenvalue weighted by molar-refractivity contribution is 5.85. The number of rotatable bonds is 0. The summed E-state index contributed by atoms with van der Waals surface area (Å²) in [7, 11) is 0. The van der Waals surface area contributed by atoms with Crippen LogP contribution < -0.4 is 5.32 Å². The van der Waals surface area contributed by atoms with Gasteiger partial charge in [-0.3, -0.25) is 4.79 Å². The lowest BCUT2D eigenvalue weighted by atomic mass is 10.0. The fourth-order valence-electron chi connectivity index (χ4n) is 1.82. The van der Waals surface area contributed by atoms with Gasteiger partial charge >= 0.3 is 0 Å². The molecule has 2 bridgehead atoms. The van der Waals surface area contributed by atoms with E-state index in [2.05, 4.69) is 5.32 Å². The summed E-state index contributed by atoms with van der Waals surface area (Å²) in [4.78, 5) is 10.8. The first-order chi connectivity index (χ1) is 4.77. The number of halogens is 2. The molecular formula is C7H11ClFNO. The van der Waals surface area contributed by atoms with E-state index in [4.69, 9.17) is 0 Å². The minimum atomic E-state index is -1.22.